The Kier molecular flexibility index (Phi) is 4.74. The second-order valence-electron chi connectivity index (χ2n) is 9.20. The Hall–Kier alpha value is -3.14. The predicted molar refractivity (Wildman–Crippen MR) is 122 cm³/mol. The molecule has 166 valence electrons. The van der Waals surface area contributed by atoms with Gasteiger partial charge in [0.1, 0.15) is 12.1 Å². The van der Waals surface area contributed by atoms with Gasteiger partial charge in [0.05, 0.1) is 24.0 Å². The van der Waals surface area contributed by atoms with Crippen LogP contribution in [0.4, 0.5) is 23.3 Å². The minimum atomic E-state index is 0.00508. The molecule has 1 aliphatic carbocycles. The Morgan fingerprint density at radius 1 is 1.00 bits per heavy atom. The van der Waals surface area contributed by atoms with Crippen LogP contribution in [0.3, 0.4) is 0 Å². The Labute approximate surface area is 186 Å². The summed E-state index contributed by atoms with van der Waals surface area (Å²) in [6.45, 7) is 4.92. The lowest BCUT2D eigenvalue weighted by molar-refractivity contribution is 0.295. The highest BCUT2D eigenvalue weighted by Crippen LogP contribution is 2.47. The number of likely N-dealkylation sites (N-methyl/N-ethyl adjacent to an activating group) is 1. The molecule has 32 heavy (non-hydrogen) atoms. The molecular formula is C22H28N10. The molecule has 6 rings (SSSR count). The van der Waals surface area contributed by atoms with Gasteiger partial charge in [0.25, 0.3) is 0 Å². The molecule has 2 fully saturated rings. The van der Waals surface area contributed by atoms with E-state index in [1.165, 1.54) is 19.3 Å². The molecule has 0 aromatic carbocycles. The molecule has 1 saturated heterocycles. The monoisotopic (exact) mass is 432 g/mol. The zero-order valence-corrected chi connectivity index (χ0v) is 18.4. The third kappa shape index (κ3) is 3.38. The van der Waals surface area contributed by atoms with Gasteiger partial charge in [0, 0.05) is 31.6 Å². The van der Waals surface area contributed by atoms with E-state index in [0.717, 1.165) is 68.3 Å². The molecule has 0 bridgehead atoms. The highest BCUT2D eigenvalue weighted by molar-refractivity contribution is 5.65. The van der Waals surface area contributed by atoms with Crippen LogP contribution in [0.5, 0.6) is 0 Å². The van der Waals surface area contributed by atoms with Crippen LogP contribution < -0.4 is 10.2 Å². The van der Waals surface area contributed by atoms with E-state index in [0.29, 0.717) is 11.8 Å². The van der Waals surface area contributed by atoms with E-state index in [-0.39, 0.29) is 5.41 Å². The van der Waals surface area contributed by atoms with Crippen molar-refractivity contribution in [3.8, 4) is 0 Å². The topological polar surface area (TPSA) is 99.2 Å². The fraction of sp³-hybridized carbons (Fsp3) is 0.545. The standard InChI is InChI=1S/C22H28N10/c1-30-9-11-31(12-10-30)16-5-6-17(23-13-16)26-21-24-15-32-20(27-21)18-19(29-32)28-25-14-22(18)7-3-2-4-8-22/h5-6,13,15H,2-4,7-12,14H2,1H3,(H,23,26,27). The third-order valence-corrected chi connectivity index (χ3v) is 7.10. The normalized spacial score (nSPS) is 20.6. The number of hydrogen-bond donors (Lipinski definition) is 1. The minimum Gasteiger partial charge on any atom is -0.368 e. The minimum absolute atomic E-state index is 0.00508. The van der Waals surface area contributed by atoms with Gasteiger partial charge in [-0.2, -0.15) is 10.1 Å². The van der Waals surface area contributed by atoms with Crippen LogP contribution in [-0.2, 0) is 5.41 Å². The zero-order chi connectivity index (χ0) is 21.5. The van der Waals surface area contributed by atoms with Crippen molar-refractivity contribution in [1.82, 2.24) is 29.5 Å². The summed E-state index contributed by atoms with van der Waals surface area (Å²) in [4.78, 5) is 18.6. The van der Waals surface area contributed by atoms with Crippen LogP contribution in [0.25, 0.3) is 5.65 Å². The Balaban J connectivity index is 1.27. The lowest BCUT2D eigenvalue weighted by Gasteiger charge is -2.36. The van der Waals surface area contributed by atoms with E-state index < -0.39 is 0 Å². The molecule has 1 spiro atoms. The first-order valence-electron chi connectivity index (χ1n) is 11.5. The Bertz CT molecular complexity index is 1140. The molecule has 10 heteroatoms. The number of nitrogens with one attached hydrogen (secondary N) is 1. The molecule has 0 atom stereocenters. The highest BCUT2D eigenvalue weighted by atomic mass is 15.4. The van der Waals surface area contributed by atoms with E-state index in [1.807, 2.05) is 12.3 Å². The number of piperazine rings is 1. The average molecular weight is 433 g/mol. The Morgan fingerprint density at radius 3 is 2.62 bits per heavy atom. The van der Waals surface area contributed by atoms with Gasteiger partial charge in [0.15, 0.2) is 5.65 Å². The molecule has 0 unspecified atom stereocenters. The summed E-state index contributed by atoms with van der Waals surface area (Å²) in [5, 5.41) is 16.6. The van der Waals surface area contributed by atoms with E-state index in [1.54, 1.807) is 10.8 Å². The van der Waals surface area contributed by atoms with Crippen molar-refractivity contribution in [3.63, 3.8) is 0 Å². The highest BCUT2D eigenvalue weighted by Gasteiger charge is 2.41. The van der Waals surface area contributed by atoms with Crippen LogP contribution in [0, 0.1) is 0 Å². The van der Waals surface area contributed by atoms with Gasteiger partial charge < -0.3 is 15.1 Å². The maximum Gasteiger partial charge on any atom is 0.231 e. The summed E-state index contributed by atoms with van der Waals surface area (Å²) in [6.07, 6.45) is 9.56. The first-order chi connectivity index (χ1) is 15.7. The van der Waals surface area contributed by atoms with Crippen molar-refractivity contribution in [2.75, 3.05) is 50.0 Å². The van der Waals surface area contributed by atoms with E-state index in [9.17, 15) is 0 Å². The summed E-state index contributed by atoms with van der Waals surface area (Å²) in [5.74, 6) is 1.94. The Morgan fingerprint density at radius 2 is 1.84 bits per heavy atom. The molecule has 3 aromatic rings. The molecule has 10 nitrogen and oxygen atoms in total. The van der Waals surface area contributed by atoms with E-state index in [4.69, 9.17) is 4.98 Å². The molecule has 1 N–H and O–H groups in total. The number of rotatable bonds is 3. The van der Waals surface area contributed by atoms with Crippen LogP contribution in [0.2, 0.25) is 0 Å². The van der Waals surface area contributed by atoms with Crippen molar-refractivity contribution in [2.45, 2.75) is 37.5 Å². The van der Waals surface area contributed by atoms with Crippen molar-refractivity contribution in [2.24, 2.45) is 10.2 Å². The van der Waals surface area contributed by atoms with E-state index in [2.05, 4.69) is 53.5 Å². The molecule has 5 heterocycles. The summed E-state index contributed by atoms with van der Waals surface area (Å²) < 4.78 is 1.74. The van der Waals surface area contributed by atoms with Crippen molar-refractivity contribution in [3.05, 3.63) is 30.2 Å². The predicted octanol–water partition coefficient (Wildman–Crippen LogP) is 3.31. The third-order valence-electron chi connectivity index (χ3n) is 7.10. The average Bonchev–Trinajstić information content (AvgIpc) is 3.20. The molecular weight excluding hydrogens is 404 g/mol. The number of fused-ring (bicyclic) bond motifs is 4. The van der Waals surface area contributed by atoms with Gasteiger partial charge >= 0.3 is 0 Å². The molecule has 1 saturated carbocycles. The molecule has 3 aromatic heterocycles. The van der Waals surface area contributed by atoms with Crippen LogP contribution in [0.1, 0.15) is 37.7 Å². The zero-order valence-electron chi connectivity index (χ0n) is 18.4. The van der Waals surface area contributed by atoms with Gasteiger partial charge in [-0.3, -0.25) is 0 Å². The van der Waals surface area contributed by atoms with Crippen molar-refractivity contribution >= 4 is 28.9 Å². The quantitative estimate of drug-likeness (QED) is 0.678. The lowest BCUT2D eigenvalue weighted by Crippen LogP contribution is -2.44. The smallest absolute Gasteiger partial charge is 0.231 e. The maximum absolute atomic E-state index is 4.83. The second kappa shape index (κ2) is 7.77. The lowest BCUT2D eigenvalue weighted by atomic mass is 9.69. The number of nitrogens with zero attached hydrogens (tertiary/aromatic N) is 9. The van der Waals surface area contributed by atoms with Gasteiger partial charge in [-0.05, 0) is 32.0 Å². The number of hydrogen-bond acceptors (Lipinski definition) is 9. The molecule has 3 aliphatic rings. The summed E-state index contributed by atoms with van der Waals surface area (Å²) >= 11 is 0. The van der Waals surface area contributed by atoms with Gasteiger partial charge in [-0.25, -0.2) is 14.5 Å². The number of anilines is 3. The fourth-order valence-electron chi connectivity index (χ4n) is 5.22. The number of azo groups is 1. The number of pyridine rings is 1. The van der Waals surface area contributed by atoms with Crippen LogP contribution >= 0.6 is 0 Å². The van der Waals surface area contributed by atoms with Gasteiger partial charge in [-0.1, -0.05) is 19.3 Å². The van der Waals surface area contributed by atoms with Gasteiger partial charge in [-0.15, -0.1) is 10.2 Å². The van der Waals surface area contributed by atoms with Crippen LogP contribution in [-0.4, -0.2) is 69.2 Å². The first-order valence-corrected chi connectivity index (χ1v) is 11.5. The second-order valence-corrected chi connectivity index (χ2v) is 9.20. The molecule has 0 radical (unpaired) electrons. The van der Waals surface area contributed by atoms with Gasteiger partial charge in [0.2, 0.25) is 11.8 Å². The maximum atomic E-state index is 4.83. The van der Waals surface area contributed by atoms with Crippen LogP contribution in [0.15, 0.2) is 34.9 Å². The molecule has 0 amide bonds. The van der Waals surface area contributed by atoms with Crippen molar-refractivity contribution in [1.29, 1.82) is 0 Å². The summed E-state index contributed by atoms with van der Waals surface area (Å²) in [7, 11) is 2.16. The number of aromatic nitrogens is 5. The largest absolute Gasteiger partial charge is 0.368 e. The van der Waals surface area contributed by atoms with E-state index >= 15 is 0 Å². The molecule has 2 aliphatic heterocycles. The SMILES string of the molecule is CN1CCN(c2ccc(Nc3ncn4nc5c(c4n3)C3(CCCCC3)CN=N5)nc2)CC1. The first kappa shape index (κ1) is 19.5. The van der Waals surface area contributed by atoms with Crippen molar-refractivity contribution < 1.29 is 0 Å². The fourth-order valence-corrected chi connectivity index (χ4v) is 5.22. The summed E-state index contributed by atoms with van der Waals surface area (Å²) in [5.41, 5.74) is 3.11. The summed E-state index contributed by atoms with van der Waals surface area (Å²) in [6, 6.07) is 4.10.